The maximum atomic E-state index is 13.0. The number of carbonyl (C=O) groups excluding carboxylic acids is 2. The lowest BCUT2D eigenvalue weighted by atomic mass is 9.66. The molecular formula is C18H30O3. The lowest BCUT2D eigenvalue weighted by Gasteiger charge is -2.40. The monoisotopic (exact) mass is 294 g/mol. The van der Waals surface area contributed by atoms with E-state index in [1.165, 1.54) is 0 Å². The third-order valence-electron chi connectivity index (χ3n) is 4.25. The van der Waals surface area contributed by atoms with Crippen LogP contribution >= 0.6 is 0 Å². The molecule has 0 aliphatic carbocycles. The summed E-state index contributed by atoms with van der Waals surface area (Å²) < 4.78 is 5.89. The minimum atomic E-state index is -1.08. The molecule has 0 spiro atoms. The second kappa shape index (κ2) is 4.96. The fraction of sp³-hybridized carbons (Fsp3) is 0.778. The van der Waals surface area contributed by atoms with E-state index in [0.717, 1.165) is 0 Å². The molecule has 120 valence electrons. The molecule has 0 amide bonds. The van der Waals surface area contributed by atoms with Gasteiger partial charge in [-0.25, -0.2) is 0 Å². The van der Waals surface area contributed by atoms with E-state index < -0.39 is 16.4 Å². The van der Waals surface area contributed by atoms with Crippen LogP contribution in [-0.2, 0) is 14.3 Å². The molecule has 1 heterocycles. The van der Waals surface area contributed by atoms with Crippen molar-refractivity contribution < 1.29 is 14.3 Å². The third kappa shape index (κ3) is 3.22. The van der Waals surface area contributed by atoms with Crippen molar-refractivity contribution in [2.75, 3.05) is 0 Å². The van der Waals surface area contributed by atoms with Crippen LogP contribution in [0.5, 0.6) is 0 Å². The predicted octanol–water partition coefficient (Wildman–Crippen LogP) is 4.31. The number of rotatable bonds is 2. The van der Waals surface area contributed by atoms with Crippen LogP contribution in [0.3, 0.4) is 0 Å². The normalized spacial score (nSPS) is 23.9. The van der Waals surface area contributed by atoms with Gasteiger partial charge in [-0.3, -0.25) is 9.59 Å². The maximum absolute atomic E-state index is 13.0. The van der Waals surface area contributed by atoms with Crippen LogP contribution in [0.15, 0.2) is 11.8 Å². The Morgan fingerprint density at radius 1 is 1.05 bits per heavy atom. The first kappa shape index (κ1) is 17.9. The zero-order chi connectivity index (χ0) is 16.9. The third-order valence-corrected chi connectivity index (χ3v) is 4.25. The molecule has 0 N–H and O–H groups in total. The molecule has 3 nitrogen and oxygen atoms in total. The highest BCUT2D eigenvalue weighted by Gasteiger charge is 2.57. The molecule has 0 bridgehead atoms. The zero-order valence-electron chi connectivity index (χ0n) is 15.0. The van der Waals surface area contributed by atoms with Crippen LogP contribution in [0.1, 0.15) is 68.7 Å². The number of hydrogen-bond acceptors (Lipinski definition) is 3. The van der Waals surface area contributed by atoms with E-state index in [1.54, 1.807) is 6.26 Å². The lowest BCUT2D eigenvalue weighted by molar-refractivity contribution is -0.151. The molecule has 1 atom stereocenters. The van der Waals surface area contributed by atoms with E-state index in [-0.39, 0.29) is 23.4 Å². The van der Waals surface area contributed by atoms with Gasteiger partial charge in [0.2, 0.25) is 5.78 Å². The second-order valence-electron chi connectivity index (χ2n) is 9.16. The molecule has 0 radical (unpaired) electrons. The van der Waals surface area contributed by atoms with Crippen molar-refractivity contribution in [3.63, 3.8) is 0 Å². The van der Waals surface area contributed by atoms with Gasteiger partial charge in [-0.1, -0.05) is 62.3 Å². The van der Waals surface area contributed by atoms with Gasteiger partial charge in [-0.05, 0) is 5.41 Å². The highest BCUT2D eigenvalue weighted by molar-refractivity contribution is 6.07. The van der Waals surface area contributed by atoms with E-state index in [2.05, 4.69) is 0 Å². The summed E-state index contributed by atoms with van der Waals surface area (Å²) in [6, 6.07) is 0. The number of ketones is 2. The number of Topliss-reactive ketones (excluding diaryl/α,β-unsaturated/α-hetero) is 2. The largest absolute Gasteiger partial charge is 0.485 e. The molecule has 0 saturated carbocycles. The van der Waals surface area contributed by atoms with Gasteiger partial charge in [-0.2, -0.15) is 0 Å². The Labute approximate surface area is 129 Å². The van der Waals surface area contributed by atoms with Gasteiger partial charge in [-0.15, -0.1) is 0 Å². The standard InChI is InChI=1S/C18H30O3/c1-15(2,3)12-11-21-18(14(12)20,17(7,8)9)10-13(19)16(4,5)6/h11H,10H2,1-9H3. The first-order chi connectivity index (χ1) is 9.13. The molecule has 0 aromatic carbocycles. The van der Waals surface area contributed by atoms with E-state index >= 15 is 0 Å². The highest BCUT2D eigenvalue weighted by Crippen LogP contribution is 2.47. The van der Waals surface area contributed by atoms with Gasteiger partial charge in [0.25, 0.3) is 0 Å². The number of ether oxygens (including phenoxy) is 1. The Kier molecular flexibility index (Phi) is 4.24. The molecule has 1 rings (SSSR count). The molecule has 21 heavy (non-hydrogen) atoms. The van der Waals surface area contributed by atoms with E-state index in [1.807, 2.05) is 62.3 Å². The van der Waals surface area contributed by atoms with Crippen LogP contribution in [0.25, 0.3) is 0 Å². The van der Waals surface area contributed by atoms with Gasteiger partial charge >= 0.3 is 0 Å². The van der Waals surface area contributed by atoms with Crippen molar-refractivity contribution in [2.45, 2.75) is 74.3 Å². The van der Waals surface area contributed by atoms with Crippen LogP contribution in [0, 0.1) is 16.2 Å². The minimum absolute atomic E-state index is 0.0416. The van der Waals surface area contributed by atoms with Gasteiger partial charge < -0.3 is 4.74 Å². The summed E-state index contributed by atoms with van der Waals surface area (Å²) in [5.41, 5.74) is -1.63. The molecule has 3 heteroatoms. The molecule has 0 aromatic rings. The molecular weight excluding hydrogens is 264 g/mol. The van der Waals surface area contributed by atoms with Gasteiger partial charge in [0.15, 0.2) is 5.60 Å². The summed E-state index contributed by atoms with van der Waals surface area (Å²) >= 11 is 0. The van der Waals surface area contributed by atoms with E-state index in [0.29, 0.717) is 5.57 Å². The molecule has 1 aliphatic heterocycles. The smallest absolute Gasteiger partial charge is 0.206 e. The van der Waals surface area contributed by atoms with E-state index in [9.17, 15) is 9.59 Å². The van der Waals surface area contributed by atoms with Crippen molar-refractivity contribution in [3.05, 3.63) is 11.8 Å². The fourth-order valence-corrected chi connectivity index (χ4v) is 2.40. The SMILES string of the molecule is CC(C)(C)C(=O)CC1(C(C)(C)C)OC=C(C(C)(C)C)C1=O. The van der Waals surface area contributed by atoms with Gasteiger partial charge in [0.1, 0.15) is 5.78 Å². The van der Waals surface area contributed by atoms with Crippen molar-refractivity contribution in [1.29, 1.82) is 0 Å². The topological polar surface area (TPSA) is 43.4 Å². The maximum Gasteiger partial charge on any atom is 0.206 e. The fourth-order valence-electron chi connectivity index (χ4n) is 2.40. The Morgan fingerprint density at radius 3 is 1.81 bits per heavy atom. The van der Waals surface area contributed by atoms with Crippen LogP contribution in [0.2, 0.25) is 0 Å². The lowest BCUT2D eigenvalue weighted by Crippen LogP contribution is -2.52. The van der Waals surface area contributed by atoms with E-state index in [4.69, 9.17) is 4.74 Å². The summed E-state index contributed by atoms with van der Waals surface area (Å²) in [4.78, 5) is 25.6. The first-order valence-electron chi connectivity index (χ1n) is 7.59. The molecule has 1 unspecified atom stereocenters. The van der Waals surface area contributed by atoms with Gasteiger partial charge in [0.05, 0.1) is 12.7 Å². The molecule has 0 aromatic heterocycles. The van der Waals surface area contributed by atoms with Crippen LogP contribution in [-0.4, -0.2) is 17.2 Å². The quantitative estimate of drug-likeness (QED) is 0.762. The Bertz CT molecular complexity index is 478. The van der Waals surface area contributed by atoms with Crippen LogP contribution in [0.4, 0.5) is 0 Å². The average Bonchev–Trinajstić information content (AvgIpc) is 2.54. The zero-order valence-corrected chi connectivity index (χ0v) is 15.0. The van der Waals surface area contributed by atoms with Crippen LogP contribution < -0.4 is 0 Å². The van der Waals surface area contributed by atoms with Gasteiger partial charge in [0, 0.05) is 16.4 Å². The number of hydrogen-bond donors (Lipinski definition) is 0. The molecule has 0 fully saturated rings. The molecule has 0 saturated heterocycles. The second-order valence-corrected chi connectivity index (χ2v) is 9.16. The summed E-state index contributed by atoms with van der Waals surface area (Å²) in [6.07, 6.45) is 1.69. The Hall–Kier alpha value is -1.12. The minimum Gasteiger partial charge on any atom is -0.485 e. The summed E-state index contributed by atoms with van der Waals surface area (Å²) in [7, 11) is 0. The van der Waals surface area contributed by atoms with Crippen molar-refractivity contribution in [2.24, 2.45) is 16.2 Å². The Morgan fingerprint density at radius 2 is 1.52 bits per heavy atom. The first-order valence-corrected chi connectivity index (χ1v) is 7.59. The highest BCUT2D eigenvalue weighted by atomic mass is 16.5. The summed E-state index contributed by atoms with van der Waals surface area (Å²) in [6.45, 7) is 17.5. The average molecular weight is 294 g/mol. The van der Waals surface area contributed by atoms with Crippen molar-refractivity contribution >= 4 is 11.6 Å². The number of carbonyl (C=O) groups is 2. The van der Waals surface area contributed by atoms with Crippen molar-refractivity contribution in [3.8, 4) is 0 Å². The van der Waals surface area contributed by atoms with Crippen molar-refractivity contribution in [1.82, 2.24) is 0 Å². The summed E-state index contributed by atoms with van der Waals surface area (Å²) in [5.74, 6) is 0.00874. The molecule has 1 aliphatic rings. The Balaban J connectivity index is 3.24. The summed E-state index contributed by atoms with van der Waals surface area (Å²) in [5, 5.41) is 0. The predicted molar refractivity (Wildman–Crippen MR) is 84.9 cm³/mol.